The van der Waals surface area contributed by atoms with Crippen molar-refractivity contribution >= 4 is 17.9 Å². The maximum atomic E-state index is 12.1. The van der Waals surface area contributed by atoms with Gasteiger partial charge in [-0.1, -0.05) is 31.9 Å². The van der Waals surface area contributed by atoms with E-state index in [0.717, 1.165) is 11.1 Å². The van der Waals surface area contributed by atoms with Gasteiger partial charge in [-0.2, -0.15) is 0 Å². The van der Waals surface area contributed by atoms with Crippen molar-refractivity contribution < 1.29 is 28.6 Å². The van der Waals surface area contributed by atoms with Gasteiger partial charge in [0.05, 0.1) is 0 Å². The summed E-state index contributed by atoms with van der Waals surface area (Å²) in [4.78, 5) is 35.8. The third-order valence-electron chi connectivity index (χ3n) is 4.11. The van der Waals surface area contributed by atoms with Crippen LogP contribution in [0.15, 0.2) is 72.9 Å². The molecule has 0 aliphatic carbocycles. The van der Waals surface area contributed by atoms with Crippen LogP contribution >= 0.6 is 0 Å². The van der Waals surface area contributed by atoms with Crippen LogP contribution in [0.25, 0.3) is 11.1 Å². The lowest BCUT2D eigenvalue weighted by molar-refractivity contribution is -0.132. The van der Waals surface area contributed by atoms with Crippen molar-refractivity contribution in [1.82, 2.24) is 0 Å². The van der Waals surface area contributed by atoms with Gasteiger partial charge in [-0.3, -0.25) is 0 Å². The second-order valence-corrected chi connectivity index (χ2v) is 7.15. The first-order chi connectivity index (χ1) is 14.5. The van der Waals surface area contributed by atoms with Crippen LogP contribution in [0, 0.1) is 6.92 Å². The fraction of sp³-hybridized carbons (Fsp3) is 0.160. The van der Waals surface area contributed by atoms with Gasteiger partial charge in [-0.25, -0.2) is 14.4 Å². The number of esters is 3. The summed E-state index contributed by atoms with van der Waals surface area (Å²) in [7, 11) is 0. The van der Waals surface area contributed by atoms with Gasteiger partial charge >= 0.3 is 17.9 Å². The molecule has 0 heterocycles. The predicted octanol–water partition coefficient (Wildman–Crippen LogP) is 5.11. The van der Waals surface area contributed by atoms with Crippen LogP contribution in [-0.4, -0.2) is 17.9 Å². The third-order valence-corrected chi connectivity index (χ3v) is 4.11. The molecule has 0 spiro atoms. The van der Waals surface area contributed by atoms with E-state index in [-0.39, 0.29) is 22.6 Å². The van der Waals surface area contributed by atoms with Gasteiger partial charge in [0.25, 0.3) is 0 Å². The summed E-state index contributed by atoms with van der Waals surface area (Å²) < 4.78 is 15.9. The number of ether oxygens (including phenoxy) is 3. The van der Waals surface area contributed by atoms with Crippen LogP contribution in [0.4, 0.5) is 0 Å². The van der Waals surface area contributed by atoms with Crippen molar-refractivity contribution in [1.29, 1.82) is 0 Å². The number of aryl methyl sites for hydroxylation is 1. The van der Waals surface area contributed by atoms with Crippen LogP contribution in [-0.2, 0) is 14.4 Å². The molecule has 0 amide bonds. The first kappa shape index (κ1) is 23.3. The Morgan fingerprint density at radius 2 is 1.00 bits per heavy atom. The Hall–Kier alpha value is -3.93. The molecule has 0 saturated carbocycles. The second-order valence-electron chi connectivity index (χ2n) is 7.15. The van der Waals surface area contributed by atoms with E-state index in [1.807, 2.05) is 6.07 Å². The maximum Gasteiger partial charge on any atom is 0.338 e. The lowest BCUT2D eigenvalue weighted by Gasteiger charge is -2.13. The number of benzene rings is 2. The van der Waals surface area contributed by atoms with Gasteiger partial charge in [0, 0.05) is 16.7 Å². The minimum Gasteiger partial charge on any atom is -0.423 e. The molecule has 2 rings (SSSR count). The standard InChI is InChI=1S/C25H24O6/c1-14(2)23(26)29-20-10-8-18(12-17(20)7)19-9-11-21(30-24(27)15(3)4)22(13-19)31-25(28)16(5)6/h8-13H,1,3,5H2,2,4,6-7H3. The molecule has 31 heavy (non-hydrogen) atoms. The van der Waals surface area contributed by atoms with Crippen molar-refractivity contribution in [2.45, 2.75) is 27.7 Å². The number of hydrogen-bond donors (Lipinski definition) is 0. The van der Waals surface area contributed by atoms with Crippen molar-refractivity contribution in [3.05, 3.63) is 78.4 Å². The molecular weight excluding hydrogens is 396 g/mol. The molecule has 0 unspecified atom stereocenters. The fourth-order valence-corrected chi connectivity index (χ4v) is 2.36. The lowest BCUT2D eigenvalue weighted by Crippen LogP contribution is -2.12. The van der Waals surface area contributed by atoms with Crippen molar-refractivity contribution in [2.24, 2.45) is 0 Å². The van der Waals surface area contributed by atoms with E-state index >= 15 is 0 Å². The average Bonchev–Trinajstić information content (AvgIpc) is 2.70. The minimum absolute atomic E-state index is 0.0653. The van der Waals surface area contributed by atoms with Crippen LogP contribution < -0.4 is 14.2 Å². The smallest absolute Gasteiger partial charge is 0.338 e. The van der Waals surface area contributed by atoms with Crippen LogP contribution in [0.1, 0.15) is 26.3 Å². The minimum atomic E-state index is -0.650. The Kier molecular flexibility index (Phi) is 7.32. The Labute approximate surface area is 181 Å². The fourth-order valence-electron chi connectivity index (χ4n) is 2.36. The largest absolute Gasteiger partial charge is 0.423 e. The van der Waals surface area contributed by atoms with Gasteiger partial charge in [0.2, 0.25) is 0 Å². The van der Waals surface area contributed by atoms with E-state index in [4.69, 9.17) is 14.2 Å². The van der Waals surface area contributed by atoms with E-state index in [1.54, 1.807) is 38.1 Å². The molecule has 0 aliphatic heterocycles. The highest BCUT2D eigenvalue weighted by Gasteiger charge is 2.17. The van der Waals surface area contributed by atoms with E-state index in [0.29, 0.717) is 16.9 Å². The Morgan fingerprint density at radius 3 is 1.45 bits per heavy atom. The van der Waals surface area contributed by atoms with Gasteiger partial charge in [-0.05, 0) is 68.7 Å². The second kappa shape index (κ2) is 9.71. The number of carbonyl (C=O) groups is 3. The summed E-state index contributed by atoms with van der Waals surface area (Å²) in [5.41, 5.74) is 2.90. The highest BCUT2D eigenvalue weighted by atomic mass is 16.6. The van der Waals surface area contributed by atoms with Crippen molar-refractivity contribution in [3.63, 3.8) is 0 Å². The molecule has 6 nitrogen and oxygen atoms in total. The quantitative estimate of drug-likeness (QED) is 0.352. The molecule has 0 fully saturated rings. The first-order valence-electron chi connectivity index (χ1n) is 9.37. The molecule has 0 bridgehead atoms. The molecule has 0 aliphatic rings. The Balaban J connectivity index is 2.43. The summed E-state index contributed by atoms with van der Waals surface area (Å²) in [6.45, 7) is 17.1. The Bertz CT molecular complexity index is 1110. The average molecular weight is 420 g/mol. The molecule has 0 N–H and O–H groups in total. The first-order valence-corrected chi connectivity index (χ1v) is 9.37. The predicted molar refractivity (Wildman–Crippen MR) is 118 cm³/mol. The molecule has 0 atom stereocenters. The van der Waals surface area contributed by atoms with Crippen molar-refractivity contribution in [3.8, 4) is 28.4 Å². The molecule has 2 aromatic carbocycles. The van der Waals surface area contributed by atoms with Gasteiger partial charge in [0.15, 0.2) is 11.5 Å². The Morgan fingerprint density at radius 1 is 0.613 bits per heavy atom. The molecule has 2 aromatic rings. The monoisotopic (exact) mass is 420 g/mol. The zero-order valence-corrected chi connectivity index (χ0v) is 18.0. The molecule has 160 valence electrons. The van der Waals surface area contributed by atoms with Gasteiger partial charge < -0.3 is 14.2 Å². The highest BCUT2D eigenvalue weighted by molar-refractivity contribution is 5.91. The zero-order valence-electron chi connectivity index (χ0n) is 18.0. The maximum absolute atomic E-state index is 12.1. The molecule has 0 aromatic heterocycles. The van der Waals surface area contributed by atoms with Crippen molar-refractivity contribution in [2.75, 3.05) is 0 Å². The number of rotatable bonds is 7. The summed E-state index contributed by atoms with van der Waals surface area (Å²) >= 11 is 0. The summed E-state index contributed by atoms with van der Waals surface area (Å²) in [6.07, 6.45) is 0. The molecule has 0 saturated heterocycles. The summed E-state index contributed by atoms with van der Waals surface area (Å²) in [6, 6.07) is 10.1. The number of hydrogen-bond acceptors (Lipinski definition) is 6. The van der Waals surface area contributed by atoms with E-state index in [9.17, 15) is 14.4 Å². The van der Waals surface area contributed by atoms with E-state index in [2.05, 4.69) is 19.7 Å². The molecular formula is C25H24O6. The zero-order chi connectivity index (χ0) is 23.3. The normalized spacial score (nSPS) is 10.1. The number of carbonyl (C=O) groups excluding carboxylic acids is 3. The lowest BCUT2D eigenvalue weighted by atomic mass is 10.0. The summed E-state index contributed by atoms with van der Waals surface area (Å²) in [5.74, 6) is -1.24. The third kappa shape index (κ3) is 6.02. The van der Waals surface area contributed by atoms with Crippen LogP contribution in [0.5, 0.6) is 17.2 Å². The van der Waals surface area contributed by atoms with E-state index in [1.165, 1.54) is 19.9 Å². The SMILES string of the molecule is C=C(C)C(=O)Oc1ccc(-c2ccc(OC(=O)C(=C)C)c(OC(=O)C(=C)C)c2)cc1C. The van der Waals surface area contributed by atoms with Crippen LogP contribution in [0.2, 0.25) is 0 Å². The molecule has 6 heteroatoms. The topological polar surface area (TPSA) is 78.9 Å². The van der Waals surface area contributed by atoms with Crippen LogP contribution in [0.3, 0.4) is 0 Å². The van der Waals surface area contributed by atoms with Gasteiger partial charge in [-0.15, -0.1) is 0 Å². The highest BCUT2D eigenvalue weighted by Crippen LogP contribution is 2.35. The molecule has 0 radical (unpaired) electrons. The van der Waals surface area contributed by atoms with Gasteiger partial charge in [0.1, 0.15) is 5.75 Å². The summed E-state index contributed by atoms with van der Waals surface area (Å²) in [5, 5.41) is 0. The van der Waals surface area contributed by atoms with E-state index < -0.39 is 17.9 Å².